The SMILES string of the molecule is CCOC(=O)c1nc(C2=C(c3cc(Cl)ccc3O)CCC2)ccc1SC. The van der Waals surface area contributed by atoms with Crippen LogP contribution in [0.4, 0.5) is 0 Å². The number of ether oxygens (including phenoxy) is 1. The molecular formula is C20H20ClNO3S. The van der Waals surface area contributed by atoms with Crippen molar-refractivity contribution < 1.29 is 14.6 Å². The third kappa shape index (κ3) is 3.74. The number of allylic oxidation sites excluding steroid dienone is 2. The molecule has 1 heterocycles. The second-order valence-corrected chi connectivity index (χ2v) is 7.22. The lowest BCUT2D eigenvalue weighted by molar-refractivity contribution is 0.0515. The van der Waals surface area contributed by atoms with Gasteiger partial charge in [-0.15, -0.1) is 11.8 Å². The number of hydrogen-bond donors (Lipinski definition) is 1. The van der Waals surface area contributed by atoms with Gasteiger partial charge in [-0.25, -0.2) is 9.78 Å². The van der Waals surface area contributed by atoms with E-state index in [0.29, 0.717) is 17.3 Å². The van der Waals surface area contributed by atoms with Crippen LogP contribution in [0.5, 0.6) is 5.75 Å². The standard InChI is InChI=1S/C20H20ClNO3S/c1-3-25-20(24)19-18(26-2)10-8-16(22-19)14-6-4-5-13(14)15-11-12(21)7-9-17(15)23/h7-11,23H,3-6H2,1-2H3. The van der Waals surface area contributed by atoms with Gasteiger partial charge in [-0.05, 0) is 73.9 Å². The van der Waals surface area contributed by atoms with Crippen molar-refractivity contribution in [3.8, 4) is 5.75 Å². The number of benzene rings is 1. The van der Waals surface area contributed by atoms with Gasteiger partial charge in [-0.1, -0.05) is 11.6 Å². The molecule has 1 aliphatic rings. The summed E-state index contributed by atoms with van der Waals surface area (Å²) in [5, 5.41) is 10.8. The molecule has 0 saturated heterocycles. The van der Waals surface area contributed by atoms with Crippen LogP contribution in [0.3, 0.4) is 0 Å². The zero-order valence-corrected chi connectivity index (χ0v) is 16.3. The highest BCUT2D eigenvalue weighted by molar-refractivity contribution is 7.98. The lowest BCUT2D eigenvalue weighted by Crippen LogP contribution is -2.10. The van der Waals surface area contributed by atoms with Crippen molar-refractivity contribution in [3.05, 3.63) is 52.3 Å². The number of thioether (sulfide) groups is 1. The van der Waals surface area contributed by atoms with Crippen LogP contribution in [0.2, 0.25) is 5.02 Å². The Morgan fingerprint density at radius 3 is 2.77 bits per heavy atom. The number of aromatic nitrogens is 1. The predicted octanol–water partition coefficient (Wildman–Crippen LogP) is 5.43. The highest BCUT2D eigenvalue weighted by Gasteiger charge is 2.23. The summed E-state index contributed by atoms with van der Waals surface area (Å²) in [7, 11) is 0. The van der Waals surface area contributed by atoms with Gasteiger partial charge in [0.2, 0.25) is 0 Å². The van der Waals surface area contributed by atoms with Crippen molar-refractivity contribution in [2.75, 3.05) is 12.9 Å². The largest absolute Gasteiger partial charge is 0.507 e. The van der Waals surface area contributed by atoms with Crippen molar-refractivity contribution in [1.29, 1.82) is 0 Å². The zero-order valence-electron chi connectivity index (χ0n) is 14.7. The monoisotopic (exact) mass is 389 g/mol. The van der Waals surface area contributed by atoms with E-state index in [1.807, 2.05) is 18.4 Å². The molecule has 0 radical (unpaired) electrons. The van der Waals surface area contributed by atoms with Gasteiger partial charge in [-0.3, -0.25) is 0 Å². The quantitative estimate of drug-likeness (QED) is 0.545. The van der Waals surface area contributed by atoms with Gasteiger partial charge in [0.05, 0.1) is 12.3 Å². The molecule has 0 saturated carbocycles. The first-order valence-electron chi connectivity index (χ1n) is 8.48. The summed E-state index contributed by atoms with van der Waals surface area (Å²) >= 11 is 7.58. The maximum Gasteiger partial charge on any atom is 0.358 e. The number of aromatic hydroxyl groups is 1. The molecular weight excluding hydrogens is 370 g/mol. The molecule has 1 aliphatic carbocycles. The Hall–Kier alpha value is -1.98. The number of phenolic OH excluding ortho intramolecular Hbond substituents is 1. The third-order valence-corrected chi connectivity index (χ3v) is 5.36. The molecule has 0 amide bonds. The summed E-state index contributed by atoms with van der Waals surface area (Å²) in [5.41, 5.74) is 3.90. The van der Waals surface area contributed by atoms with Crippen molar-refractivity contribution in [2.45, 2.75) is 31.1 Å². The summed E-state index contributed by atoms with van der Waals surface area (Å²) in [6, 6.07) is 8.88. The molecule has 1 aromatic heterocycles. The summed E-state index contributed by atoms with van der Waals surface area (Å²) in [4.78, 5) is 17.7. The van der Waals surface area contributed by atoms with Gasteiger partial charge in [0.15, 0.2) is 5.69 Å². The fraction of sp³-hybridized carbons (Fsp3) is 0.300. The van der Waals surface area contributed by atoms with E-state index in [9.17, 15) is 9.90 Å². The van der Waals surface area contributed by atoms with Gasteiger partial charge in [0.1, 0.15) is 5.75 Å². The Labute approximate surface area is 162 Å². The van der Waals surface area contributed by atoms with Gasteiger partial charge in [-0.2, -0.15) is 0 Å². The summed E-state index contributed by atoms with van der Waals surface area (Å²) in [6.45, 7) is 2.09. The molecule has 2 aromatic rings. The van der Waals surface area contributed by atoms with Crippen LogP contribution < -0.4 is 0 Å². The molecule has 0 unspecified atom stereocenters. The fourth-order valence-corrected chi connectivity index (χ4v) is 3.90. The van der Waals surface area contributed by atoms with Crippen LogP contribution >= 0.6 is 23.4 Å². The lowest BCUT2D eigenvalue weighted by Gasteiger charge is -2.12. The summed E-state index contributed by atoms with van der Waals surface area (Å²) in [6.07, 6.45) is 4.56. The Kier molecular flexibility index (Phi) is 5.89. The Morgan fingerprint density at radius 2 is 2.04 bits per heavy atom. The van der Waals surface area contributed by atoms with E-state index in [1.54, 1.807) is 25.1 Å². The van der Waals surface area contributed by atoms with Crippen LogP contribution in [0.1, 0.15) is 47.9 Å². The van der Waals surface area contributed by atoms with E-state index >= 15 is 0 Å². The lowest BCUT2D eigenvalue weighted by atomic mass is 9.99. The van der Waals surface area contributed by atoms with Crippen molar-refractivity contribution in [1.82, 2.24) is 4.98 Å². The minimum absolute atomic E-state index is 0.204. The molecule has 6 heteroatoms. The molecule has 0 bridgehead atoms. The highest BCUT2D eigenvalue weighted by atomic mass is 35.5. The van der Waals surface area contributed by atoms with Crippen LogP contribution in [-0.2, 0) is 4.74 Å². The maximum atomic E-state index is 12.3. The molecule has 1 N–H and O–H groups in total. The molecule has 0 aliphatic heterocycles. The van der Waals surface area contributed by atoms with E-state index in [2.05, 4.69) is 4.98 Å². The normalized spacial score (nSPS) is 14.0. The van der Waals surface area contributed by atoms with E-state index in [-0.39, 0.29) is 5.75 Å². The van der Waals surface area contributed by atoms with Crippen LogP contribution in [-0.4, -0.2) is 28.9 Å². The summed E-state index contributed by atoms with van der Waals surface area (Å²) in [5.74, 6) is -0.209. The number of halogens is 1. The average molecular weight is 390 g/mol. The van der Waals surface area contributed by atoms with Gasteiger partial charge in [0, 0.05) is 15.5 Å². The number of carbonyl (C=O) groups excluding carboxylic acids is 1. The van der Waals surface area contributed by atoms with Gasteiger partial charge >= 0.3 is 5.97 Å². The number of phenols is 1. The molecule has 1 aromatic carbocycles. The second kappa shape index (κ2) is 8.14. The number of carbonyl (C=O) groups is 1. The summed E-state index contributed by atoms with van der Waals surface area (Å²) < 4.78 is 5.15. The fourth-order valence-electron chi connectivity index (χ4n) is 3.20. The first-order valence-corrected chi connectivity index (χ1v) is 10.1. The topological polar surface area (TPSA) is 59.4 Å². The smallest absolute Gasteiger partial charge is 0.358 e. The average Bonchev–Trinajstić information content (AvgIpc) is 3.13. The van der Waals surface area contributed by atoms with E-state index in [1.165, 1.54) is 11.8 Å². The highest BCUT2D eigenvalue weighted by Crippen LogP contribution is 2.43. The molecule has 0 spiro atoms. The van der Waals surface area contributed by atoms with Gasteiger partial charge in [0.25, 0.3) is 0 Å². The van der Waals surface area contributed by atoms with Crippen molar-refractivity contribution in [3.63, 3.8) is 0 Å². The third-order valence-electron chi connectivity index (χ3n) is 4.36. The molecule has 136 valence electrons. The number of hydrogen-bond acceptors (Lipinski definition) is 5. The maximum absolute atomic E-state index is 12.3. The minimum Gasteiger partial charge on any atom is -0.507 e. The minimum atomic E-state index is -0.413. The number of rotatable bonds is 5. The van der Waals surface area contributed by atoms with Crippen molar-refractivity contribution in [2.24, 2.45) is 0 Å². The molecule has 0 fully saturated rings. The molecule has 0 atom stereocenters. The Morgan fingerprint density at radius 1 is 1.27 bits per heavy atom. The van der Waals surface area contributed by atoms with E-state index < -0.39 is 5.97 Å². The predicted molar refractivity (Wildman–Crippen MR) is 106 cm³/mol. The first kappa shape index (κ1) is 18.8. The van der Waals surface area contributed by atoms with Crippen LogP contribution in [0.15, 0.2) is 35.2 Å². The van der Waals surface area contributed by atoms with Crippen LogP contribution in [0.25, 0.3) is 11.1 Å². The van der Waals surface area contributed by atoms with E-state index in [4.69, 9.17) is 16.3 Å². The number of pyridine rings is 1. The van der Waals surface area contributed by atoms with Crippen LogP contribution in [0, 0.1) is 0 Å². The zero-order chi connectivity index (χ0) is 18.7. The second-order valence-electron chi connectivity index (χ2n) is 5.94. The molecule has 3 rings (SSSR count). The number of esters is 1. The van der Waals surface area contributed by atoms with Gasteiger partial charge < -0.3 is 9.84 Å². The van der Waals surface area contributed by atoms with Crippen molar-refractivity contribution >= 4 is 40.5 Å². The Balaban J connectivity index is 2.10. The number of nitrogens with zero attached hydrogens (tertiary/aromatic N) is 1. The first-order chi connectivity index (χ1) is 12.5. The molecule has 4 nitrogen and oxygen atoms in total. The van der Waals surface area contributed by atoms with E-state index in [0.717, 1.165) is 46.6 Å². The molecule has 26 heavy (non-hydrogen) atoms. The Bertz CT molecular complexity index is 879.